The molecule has 1 saturated carbocycles. The van der Waals surface area contributed by atoms with Crippen LogP contribution in [0.1, 0.15) is 40.5 Å². The predicted octanol–water partition coefficient (Wildman–Crippen LogP) is 0.952. The molecule has 22 heavy (non-hydrogen) atoms. The third-order valence-corrected chi connectivity index (χ3v) is 4.55. The van der Waals surface area contributed by atoms with E-state index >= 15 is 0 Å². The minimum atomic E-state index is -3.79. The van der Waals surface area contributed by atoms with Gasteiger partial charge >= 0.3 is 0 Å². The third-order valence-electron chi connectivity index (χ3n) is 3.38. The Morgan fingerprint density at radius 3 is 2.82 bits per heavy atom. The fraction of sp³-hybridized carbons (Fsp3) is 0.357. The molecule has 1 amide bonds. The van der Waals surface area contributed by atoms with Crippen LogP contribution in [0.4, 0.5) is 0 Å². The summed E-state index contributed by atoms with van der Waals surface area (Å²) in [5, 5.41) is 4.26. The van der Waals surface area contributed by atoms with Crippen LogP contribution in [0.2, 0.25) is 0 Å². The van der Waals surface area contributed by atoms with Gasteiger partial charge in [0, 0.05) is 25.4 Å². The molecular weight excluding hydrogens is 304 g/mol. The van der Waals surface area contributed by atoms with Crippen molar-refractivity contribution in [3.63, 3.8) is 0 Å². The summed E-state index contributed by atoms with van der Waals surface area (Å²) in [6.07, 6.45) is 5.04. The lowest BCUT2D eigenvalue weighted by atomic mass is 10.2. The van der Waals surface area contributed by atoms with Gasteiger partial charge in [-0.15, -0.1) is 0 Å². The lowest BCUT2D eigenvalue weighted by Gasteiger charge is -2.06. The second-order valence-corrected chi connectivity index (χ2v) is 7.11. The number of rotatable bonds is 5. The molecule has 2 aromatic heterocycles. The molecule has 0 spiro atoms. The highest BCUT2D eigenvalue weighted by Crippen LogP contribution is 2.40. The van der Waals surface area contributed by atoms with Gasteiger partial charge in [-0.25, -0.2) is 13.1 Å². The third kappa shape index (κ3) is 3.33. The number of aryl methyl sites for hydroxylation is 1. The molecular formula is C14H16N4O3S. The zero-order valence-electron chi connectivity index (χ0n) is 12.1. The Morgan fingerprint density at radius 1 is 1.41 bits per heavy atom. The molecule has 1 fully saturated rings. The van der Waals surface area contributed by atoms with Gasteiger partial charge in [0.15, 0.2) is 0 Å². The first-order chi connectivity index (χ1) is 10.4. The van der Waals surface area contributed by atoms with E-state index in [0.29, 0.717) is 17.0 Å². The fourth-order valence-corrected chi connectivity index (χ4v) is 3.27. The molecule has 7 nitrogen and oxygen atoms in total. The number of hydrogen-bond acceptors (Lipinski definition) is 5. The number of amides is 1. The van der Waals surface area contributed by atoms with Crippen molar-refractivity contribution in [1.29, 1.82) is 0 Å². The molecule has 0 bridgehead atoms. The van der Waals surface area contributed by atoms with Crippen molar-refractivity contribution in [1.82, 2.24) is 19.5 Å². The van der Waals surface area contributed by atoms with E-state index < -0.39 is 15.9 Å². The maximum atomic E-state index is 12.3. The van der Waals surface area contributed by atoms with Crippen LogP contribution >= 0.6 is 0 Å². The molecule has 2 aromatic rings. The molecule has 0 radical (unpaired) electrons. The maximum Gasteiger partial charge on any atom is 0.268 e. The van der Waals surface area contributed by atoms with E-state index in [0.717, 1.165) is 12.8 Å². The smallest absolute Gasteiger partial charge is 0.268 e. The second-order valence-electron chi connectivity index (χ2n) is 5.39. The van der Waals surface area contributed by atoms with Crippen LogP contribution in [0.5, 0.6) is 0 Å². The van der Waals surface area contributed by atoms with Gasteiger partial charge < -0.3 is 0 Å². The van der Waals surface area contributed by atoms with Crippen molar-refractivity contribution in [3.05, 3.63) is 47.5 Å². The molecule has 0 atom stereocenters. The summed E-state index contributed by atoms with van der Waals surface area (Å²) >= 11 is 0. The Kier molecular flexibility index (Phi) is 3.69. The average Bonchev–Trinajstić information content (AvgIpc) is 3.21. The first-order valence-corrected chi connectivity index (χ1v) is 8.58. The number of sulfonamides is 1. The van der Waals surface area contributed by atoms with Crippen molar-refractivity contribution >= 4 is 15.9 Å². The summed E-state index contributed by atoms with van der Waals surface area (Å²) in [4.78, 5) is 16.2. The Morgan fingerprint density at radius 2 is 2.18 bits per heavy atom. The molecule has 116 valence electrons. The number of pyridine rings is 1. The van der Waals surface area contributed by atoms with Gasteiger partial charge in [0.25, 0.3) is 5.91 Å². The quantitative estimate of drug-likeness (QED) is 0.885. The number of hydrogen-bond donors (Lipinski definition) is 1. The lowest BCUT2D eigenvalue weighted by molar-refractivity contribution is 0.0980. The molecule has 0 unspecified atom stereocenters. The molecule has 0 aliphatic heterocycles. The summed E-state index contributed by atoms with van der Waals surface area (Å²) in [5.74, 6) is -0.704. The Balaban J connectivity index is 1.76. The maximum absolute atomic E-state index is 12.3. The highest BCUT2D eigenvalue weighted by Gasteiger charge is 2.32. The van der Waals surface area contributed by atoms with Gasteiger partial charge in [-0.3, -0.25) is 14.5 Å². The van der Waals surface area contributed by atoms with E-state index in [-0.39, 0.29) is 11.7 Å². The largest absolute Gasteiger partial charge is 0.275 e. The summed E-state index contributed by atoms with van der Waals surface area (Å²) in [7, 11) is -2.08. The van der Waals surface area contributed by atoms with Crippen LogP contribution in [0.15, 0.2) is 30.6 Å². The lowest BCUT2D eigenvalue weighted by Crippen LogP contribution is -2.32. The Labute approximate surface area is 128 Å². The zero-order chi connectivity index (χ0) is 15.7. The number of nitrogens with zero attached hydrogens (tertiary/aromatic N) is 3. The molecule has 1 N–H and O–H groups in total. The van der Waals surface area contributed by atoms with E-state index in [2.05, 4.69) is 14.8 Å². The monoisotopic (exact) mass is 320 g/mol. The SMILES string of the molecule is Cn1cc(C(=O)NS(=O)(=O)Cc2ccccn2)c(C2CC2)n1. The van der Waals surface area contributed by atoms with Crippen molar-refractivity contribution < 1.29 is 13.2 Å². The first-order valence-electron chi connectivity index (χ1n) is 6.93. The summed E-state index contributed by atoms with van der Waals surface area (Å²) in [5.41, 5.74) is 1.39. The molecule has 8 heteroatoms. The predicted molar refractivity (Wildman–Crippen MR) is 79.5 cm³/mol. The molecule has 1 aliphatic rings. The number of carbonyl (C=O) groups is 1. The Hall–Kier alpha value is -2.22. The van der Waals surface area contributed by atoms with Crippen LogP contribution in [0.25, 0.3) is 0 Å². The van der Waals surface area contributed by atoms with E-state index in [9.17, 15) is 13.2 Å². The second kappa shape index (κ2) is 5.53. The summed E-state index contributed by atoms with van der Waals surface area (Å²) in [6.45, 7) is 0. The van der Waals surface area contributed by atoms with E-state index in [1.54, 1.807) is 31.4 Å². The van der Waals surface area contributed by atoms with Crippen LogP contribution in [0.3, 0.4) is 0 Å². The van der Waals surface area contributed by atoms with E-state index in [4.69, 9.17) is 0 Å². The van der Waals surface area contributed by atoms with Crippen molar-refractivity contribution in [2.24, 2.45) is 7.05 Å². The number of carbonyl (C=O) groups excluding carboxylic acids is 1. The molecule has 3 rings (SSSR count). The van der Waals surface area contributed by atoms with Crippen LogP contribution in [-0.2, 0) is 22.8 Å². The van der Waals surface area contributed by atoms with Crippen LogP contribution in [-0.4, -0.2) is 29.1 Å². The standard InChI is InChI=1S/C14H16N4O3S/c1-18-8-12(13(16-18)10-5-6-10)14(19)17-22(20,21)9-11-4-2-3-7-15-11/h2-4,7-8,10H,5-6,9H2,1H3,(H,17,19). The zero-order valence-corrected chi connectivity index (χ0v) is 12.9. The minimum Gasteiger partial charge on any atom is -0.275 e. The van der Waals surface area contributed by atoms with Gasteiger partial charge in [-0.1, -0.05) is 6.07 Å². The molecule has 1 aliphatic carbocycles. The van der Waals surface area contributed by atoms with Gasteiger partial charge in [0.2, 0.25) is 10.0 Å². The van der Waals surface area contributed by atoms with E-state index in [1.807, 2.05) is 0 Å². The van der Waals surface area contributed by atoms with E-state index in [1.165, 1.54) is 10.9 Å². The van der Waals surface area contributed by atoms with Gasteiger partial charge in [0.1, 0.15) is 5.75 Å². The van der Waals surface area contributed by atoms with Gasteiger partial charge in [-0.2, -0.15) is 5.10 Å². The van der Waals surface area contributed by atoms with Crippen LogP contribution in [0, 0.1) is 0 Å². The van der Waals surface area contributed by atoms with Gasteiger partial charge in [0.05, 0.1) is 17.0 Å². The normalized spacial score (nSPS) is 14.8. The summed E-state index contributed by atoms with van der Waals surface area (Å²) in [6, 6.07) is 5.00. The molecule has 2 heterocycles. The van der Waals surface area contributed by atoms with Crippen molar-refractivity contribution in [3.8, 4) is 0 Å². The van der Waals surface area contributed by atoms with Crippen molar-refractivity contribution in [2.45, 2.75) is 24.5 Å². The molecule has 0 saturated heterocycles. The van der Waals surface area contributed by atoms with Gasteiger partial charge in [-0.05, 0) is 25.0 Å². The minimum absolute atomic E-state index is 0.264. The number of aromatic nitrogens is 3. The first kappa shape index (κ1) is 14.7. The highest BCUT2D eigenvalue weighted by atomic mass is 32.2. The highest BCUT2D eigenvalue weighted by molar-refractivity contribution is 7.89. The fourth-order valence-electron chi connectivity index (χ4n) is 2.25. The topological polar surface area (TPSA) is 94.0 Å². The average molecular weight is 320 g/mol. The van der Waals surface area contributed by atoms with Crippen LogP contribution < -0.4 is 4.72 Å². The number of nitrogens with one attached hydrogen (secondary N) is 1. The molecule has 0 aromatic carbocycles. The Bertz CT molecular complexity index is 795. The summed E-state index contributed by atoms with van der Waals surface area (Å²) < 4.78 is 27.8. The van der Waals surface area contributed by atoms with Crippen molar-refractivity contribution in [2.75, 3.05) is 0 Å².